The molecule has 11 nitrogen and oxygen atoms in total. The van der Waals surface area contributed by atoms with Crippen LogP contribution in [-0.4, -0.2) is 55.3 Å². The molecule has 12 heteroatoms. The molecule has 2 amide bonds. The molecule has 0 fully saturated rings. The van der Waals surface area contributed by atoms with Crippen LogP contribution in [0.4, 0.5) is 5.69 Å². The predicted octanol–water partition coefficient (Wildman–Crippen LogP) is 1.51. The minimum absolute atomic E-state index is 0.0750. The van der Waals surface area contributed by atoms with E-state index < -0.39 is 26.8 Å². The maximum Gasteiger partial charge on any atom is 0.270 e. The number of non-ortho nitro benzene ring substituents is 1. The van der Waals surface area contributed by atoms with Gasteiger partial charge < -0.3 is 5.32 Å². The summed E-state index contributed by atoms with van der Waals surface area (Å²) in [5.74, 6) is -1.17. The van der Waals surface area contributed by atoms with Gasteiger partial charge in [-0.2, -0.15) is 9.41 Å². The number of nitrogens with one attached hydrogen (secondary N) is 2. The fraction of sp³-hybridized carbons (Fsp3) is 0.250. The molecule has 2 N–H and O–H groups in total. The number of hydrogen-bond acceptors (Lipinski definition) is 7. The molecule has 2 aromatic rings. The lowest BCUT2D eigenvalue weighted by Crippen LogP contribution is -2.35. The van der Waals surface area contributed by atoms with E-state index in [0.717, 1.165) is 0 Å². The molecule has 0 aliphatic rings. The summed E-state index contributed by atoms with van der Waals surface area (Å²) in [7, 11) is -3.63. The van der Waals surface area contributed by atoms with Gasteiger partial charge in [0.2, 0.25) is 10.0 Å². The van der Waals surface area contributed by atoms with Gasteiger partial charge in [-0.05, 0) is 24.3 Å². The second kappa shape index (κ2) is 11.1. The van der Waals surface area contributed by atoms with E-state index in [1.807, 2.05) is 0 Å². The summed E-state index contributed by atoms with van der Waals surface area (Å²) in [4.78, 5) is 34.3. The Kier molecular flexibility index (Phi) is 8.55. The van der Waals surface area contributed by atoms with Gasteiger partial charge in [0.05, 0.1) is 22.6 Å². The van der Waals surface area contributed by atoms with Crippen molar-refractivity contribution in [3.63, 3.8) is 0 Å². The number of carbonyl (C=O) groups excluding carboxylic acids is 2. The van der Waals surface area contributed by atoms with E-state index in [-0.39, 0.29) is 22.7 Å². The number of carbonyl (C=O) groups is 2. The average molecular weight is 462 g/mol. The Morgan fingerprint density at radius 2 is 1.78 bits per heavy atom. The van der Waals surface area contributed by atoms with Crippen molar-refractivity contribution in [3.05, 3.63) is 69.8 Å². The van der Waals surface area contributed by atoms with Crippen LogP contribution >= 0.6 is 0 Å². The van der Waals surface area contributed by atoms with E-state index in [2.05, 4.69) is 15.8 Å². The third-order valence-corrected chi connectivity index (χ3v) is 6.42. The third kappa shape index (κ3) is 6.43. The Hall–Kier alpha value is -3.64. The van der Waals surface area contributed by atoms with Crippen molar-refractivity contribution in [2.24, 2.45) is 5.10 Å². The Morgan fingerprint density at radius 1 is 1.12 bits per heavy atom. The highest BCUT2D eigenvalue weighted by Crippen LogP contribution is 2.16. The summed E-state index contributed by atoms with van der Waals surface area (Å²) in [5, 5.41) is 16.8. The first-order valence-corrected chi connectivity index (χ1v) is 11.1. The Bertz CT molecular complexity index is 1110. The van der Waals surface area contributed by atoms with Gasteiger partial charge >= 0.3 is 0 Å². The van der Waals surface area contributed by atoms with Crippen LogP contribution in [0.3, 0.4) is 0 Å². The third-order valence-electron chi connectivity index (χ3n) is 4.35. The fourth-order valence-electron chi connectivity index (χ4n) is 2.69. The molecule has 0 aliphatic carbocycles. The maximum atomic E-state index is 12.5. The standard InChI is InChI=1S/C20H23N5O6S/c1-3-24(4-2)32(30,31)18-10-8-16(9-11-18)20(27)21-14-19(26)23-22-13-15-6-5-7-17(12-15)25(28)29/h5-13H,3-4,14H2,1-2H3,(H,21,27)(H,23,26)/b22-13+. The SMILES string of the molecule is CCN(CC)S(=O)(=O)c1ccc(C(=O)NCC(=O)N/N=C/c2cccc([N+](=O)[O-])c2)cc1. The van der Waals surface area contributed by atoms with Crippen molar-refractivity contribution in [2.75, 3.05) is 19.6 Å². The summed E-state index contributed by atoms with van der Waals surface area (Å²) >= 11 is 0. The lowest BCUT2D eigenvalue weighted by Gasteiger charge is -2.18. The molecule has 0 spiro atoms. The molecule has 0 aromatic heterocycles. The van der Waals surface area contributed by atoms with Gasteiger partial charge in [-0.25, -0.2) is 13.8 Å². The van der Waals surface area contributed by atoms with Gasteiger partial charge in [0, 0.05) is 36.3 Å². The van der Waals surface area contributed by atoms with Crippen molar-refractivity contribution in [2.45, 2.75) is 18.7 Å². The molecule has 0 aliphatic heterocycles. The Morgan fingerprint density at radius 3 is 2.38 bits per heavy atom. The zero-order valence-electron chi connectivity index (χ0n) is 17.5. The van der Waals surface area contributed by atoms with Crippen molar-refractivity contribution in [1.29, 1.82) is 0 Å². The van der Waals surface area contributed by atoms with Gasteiger partial charge in [0.1, 0.15) is 0 Å². The molecule has 0 saturated heterocycles. The molecule has 0 heterocycles. The first-order chi connectivity index (χ1) is 15.2. The first-order valence-electron chi connectivity index (χ1n) is 9.63. The smallest absolute Gasteiger partial charge is 0.270 e. The second-order valence-corrected chi connectivity index (χ2v) is 8.38. The molecule has 170 valence electrons. The summed E-state index contributed by atoms with van der Waals surface area (Å²) < 4.78 is 26.2. The number of benzene rings is 2. The number of rotatable bonds is 10. The number of nitrogens with zero attached hydrogens (tertiary/aromatic N) is 3. The zero-order chi connectivity index (χ0) is 23.7. The van der Waals surface area contributed by atoms with Crippen LogP contribution in [0.2, 0.25) is 0 Å². The van der Waals surface area contributed by atoms with Gasteiger partial charge in [0.25, 0.3) is 17.5 Å². The average Bonchev–Trinajstić information content (AvgIpc) is 2.78. The topological polar surface area (TPSA) is 151 Å². The van der Waals surface area contributed by atoms with Crippen LogP contribution in [-0.2, 0) is 14.8 Å². The number of hydrogen-bond donors (Lipinski definition) is 2. The van der Waals surface area contributed by atoms with Crippen LogP contribution in [0.1, 0.15) is 29.8 Å². The highest BCUT2D eigenvalue weighted by molar-refractivity contribution is 7.89. The highest BCUT2D eigenvalue weighted by atomic mass is 32.2. The Balaban J connectivity index is 1.90. The quantitative estimate of drug-likeness (QED) is 0.311. The number of nitro groups is 1. The molecule has 2 aromatic carbocycles. The van der Waals surface area contributed by atoms with E-state index >= 15 is 0 Å². The normalized spacial score (nSPS) is 11.5. The fourth-order valence-corrected chi connectivity index (χ4v) is 4.15. The minimum Gasteiger partial charge on any atom is -0.343 e. The van der Waals surface area contributed by atoms with Crippen LogP contribution < -0.4 is 10.7 Å². The van der Waals surface area contributed by atoms with Gasteiger partial charge in [-0.1, -0.05) is 26.0 Å². The van der Waals surface area contributed by atoms with Crippen LogP contribution in [0.15, 0.2) is 58.5 Å². The maximum absolute atomic E-state index is 12.5. The van der Waals surface area contributed by atoms with Crippen molar-refractivity contribution in [1.82, 2.24) is 15.0 Å². The molecule has 0 unspecified atom stereocenters. The van der Waals surface area contributed by atoms with E-state index in [1.54, 1.807) is 19.9 Å². The van der Waals surface area contributed by atoms with Crippen LogP contribution in [0.5, 0.6) is 0 Å². The van der Waals surface area contributed by atoms with Crippen molar-refractivity contribution < 1.29 is 22.9 Å². The zero-order valence-corrected chi connectivity index (χ0v) is 18.3. The van der Waals surface area contributed by atoms with Crippen molar-refractivity contribution >= 4 is 33.7 Å². The summed E-state index contributed by atoms with van der Waals surface area (Å²) in [5.41, 5.74) is 2.71. The molecule has 2 rings (SSSR count). The van der Waals surface area contributed by atoms with E-state index in [0.29, 0.717) is 18.7 Å². The number of amides is 2. The Labute approximate surface area is 185 Å². The van der Waals surface area contributed by atoms with Crippen molar-refractivity contribution in [3.8, 4) is 0 Å². The second-order valence-electron chi connectivity index (χ2n) is 6.44. The number of sulfonamides is 1. The molecular formula is C20H23N5O6S. The van der Waals surface area contributed by atoms with E-state index in [4.69, 9.17) is 0 Å². The molecule has 0 bridgehead atoms. The molecule has 0 radical (unpaired) electrons. The molecule has 0 atom stereocenters. The predicted molar refractivity (Wildman–Crippen MR) is 118 cm³/mol. The van der Waals surface area contributed by atoms with Crippen LogP contribution in [0.25, 0.3) is 0 Å². The number of nitro benzene ring substituents is 1. The summed E-state index contributed by atoms with van der Waals surface area (Å²) in [6, 6.07) is 11.1. The van der Waals surface area contributed by atoms with E-state index in [9.17, 15) is 28.1 Å². The first kappa shape index (κ1) is 24.6. The monoisotopic (exact) mass is 461 g/mol. The minimum atomic E-state index is -3.63. The largest absolute Gasteiger partial charge is 0.343 e. The van der Waals surface area contributed by atoms with Crippen LogP contribution in [0, 0.1) is 10.1 Å². The van der Waals surface area contributed by atoms with Gasteiger partial charge in [-0.15, -0.1) is 0 Å². The highest BCUT2D eigenvalue weighted by Gasteiger charge is 2.21. The molecule has 0 saturated carbocycles. The van der Waals surface area contributed by atoms with Gasteiger partial charge in [0.15, 0.2) is 0 Å². The summed E-state index contributed by atoms with van der Waals surface area (Å²) in [6.07, 6.45) is 1.24. The molecular weight excluding hydrogens is 438 g/mol. The summed E-state index contributed by atoms with van der Waals surface area (Å²) in [6.45, 7) is 3.77. The number of hydrazone groups is 1. The lowest BCUT2D eigenvalue weighted by molar-refractivity contribution is -0.384. The lowest BCUT2D eigenvalue weighted by atomic mass is 10.2. The van der Waals surface area contributed by atoms with Gasteiger partial charge in [-0.3, -0.25) is 19.7 Å². The molecule has 32 heavy (non-hydrogen) atoms. The van der Waals surface area contributed by atoms with E-state index in [1.165, 1.54) is 53.0 Å².